The van der Waals surface area contributed by atoms with Crippen LogP contribution in [0.1, 0.15) is 23.7 Å². The lowest BCUT2D eigenvalue weighted by Gasteiger charge is -2.10. The minimum Gasteiger partial charge on any atom is -0.497 e. The molecule has 25 heavy (non-hydrogen) atoms. The predicted molar refractivity (Wildman–Crippen MR) is 103 cm³/mol. The Bertz CT molecular complexity index is 851. The summed E-state index contributed by atoms with van der Waals surface area (Å²) >= 11 is 3.34. The fourth-order valence-electron chi connectivity index (χ4n) is 2.12. The van der Waals surface area contributed by atoms with Gasteiger partial charge < -0.3 is 10.1 Å². The highest BCUT2D eigenvalue weighted by Crippen LogP contribution is 2.24. The molecular weight excluding hydrogens is 408 g/mol. The quantitative estimate of drug-likeness (QED) is 0.703. The first-order valence-corrected chi connectivity index (χ1v) is 10.0. The molecule has 0 aliphatic carbocycles. The number of ether oxygens (including phenoxy) is 1. The predicted octanol–water partition coefficient (Wildman–Crippen LogP) is 3.86. The molecule has 0 aliphatic rings. The number of amides is 1. The Hall–Kier alpha value is -2.06. The fraction of sp³-hybridized carbons (Fsp3) is 0.235. The van der Waals surface area contributed by atoms with Crippen molar-refractivity contribution in [2.45, 2.75) is 13.3 Å². The zero-order valence-corrected chi connectivity index (χ0v) is 16.3. The Balaban J connectivity index is 2.10. The summed E-state index contributed by atoms with van der Waals surface area (Å²) in [5.41, 5.74) is 1.44. The first-order chi connectivity index (χ1) is 11.8. The van der Waals surface area contributed by atoms with Crippen LogP contribution in [-0.4, -0.2) is 27.2 Å². The van der Waals surface area contributed by atoms with Crippen molar-refractivity contribution in [3.8, 4) is 5.75 Å². The van der Waals surface area contributed by atoms with Gasteiger partial charge in [0.15, 0.2) is 0 Å². The van der Waals surface area contributed by atoms with Gasteiger partial charge in [0.05, 0.1) is 18.4 Å². The molecule has 1 amide bonds. The van der Waals surface area contributed by atoms with Gasteiger partial charge in [-0.1, -0.05) is 6.92 Å². The van der Waals surface area contributed by atoms with Crippen LogP contribution < -0.4 is 14.8 Å². The molecule has 0 radical (unpaired) electrons. The number of benzene rings is 2. The normalized spacial score (nSPS) is 11.0. The van der Waals surface area contributed by atoms with Crippen molar-refractivity contribution in [2.24, 2.45) is 0 Å². The van der Waals surface area contributed by atoms with Gasteiger partial charge in [-0.15, -0.1) is 0 Å². The Labute approximate surface area is 155 Å². The molecule has 0 aliphatic heterocycles. The Morgan fingerprint density at radius 1 is 1.12 bits per heavy atom. The SMILES string of the molecule is CCCS(=O)(=O)Nc1ccc(NC(=O)c2cc(OC)ccc2Br)cc1. The number of sulfonamides is 1. The first kappa shape index (κ1) is 19.3. The van der Waals surface area contributed by atoms with Crippen LogP contribution in [0.5, 0.6) is 5.75 Å². The van der Waals surface area contributed by atoms with Gasteiger partial charge >= 0.3 is 0 Å². The van der Waals surface area contributed by atoms with Crippen molar-refractivity contribution < 1.29 is 17.9 Å². The molecule has 2 N–H and O–H groups in total. The molecule has 8 heteroatoms. The number of carbonyl (C=O) groups excluding carboxylic acids is 1. The van der Waals surface area contributed by atoms with Gasteiger partial charge in [0.2, 0.25) is 10.0 Å². The smallest absolute Gasteiger partial charge is 0.256 e. The molecular formula is C17H19BrN2O4S. The summed E-state index contributed by atoms with van der Waals surface area (Å²) in [6, 6.07) is 11.6. The fourth-order valence-corrected chi connectivity index (χ4v) is 3.69. The number of halogens is 1. The highest BCUT2D eigenvalue weighted by Gasteiger charge is 2.12. The maximum Gasteiger partial charge on any atom is 0.256 e. The summed E-state index contributed by atoms with van der Waals surface area (Å²) in [5, 5.41) is 2.76. The molecule has 6 nitrogen and oxygen atoms in total. The van der Waals surface area contributed by atoms with Crippen LogP contribution in [0.25, 0.3) is 0 Å². The van der Waals surface area contributed by atoms with Crippen molar-refractivity contribution in [3.05, 3.63) is 52.5 Å². The third-order valence-corrected chi connectivity index (χ3v) is 5.49. The van der Waals surface area contributed by atoms with E-state index in [-0.39, 0.29) is 11.7 Å². The average Bonchev–Trinajstić information content (AvgIpc) is 2.56. The molecule has 0 aromatic heterocycles. The van der Waals surface area contributed by atoms with E-state index in [1.807, 2.05) is 0 Å². The molecule has 0 atom stereocenters. The van der Waals surface area contributed by atoms with Gasteiger partial charge in [-0.05, 0) is 64.8 Å². The summed E-state index contributed by atoms with van der Waals surface area (Å²) in [5.74, 6) is 0.342. The third kappa shape index (κ3) is 5.47. The minimum atomic E-state index is -3.33. The molecule has 0 bridgehead atoms. The van der Waals surface area contributed by atoms with Crippen LogP contribution in [0.3, 0.4) is 0 Å². The Kier molecular flexibility index (Phi) is 6.44. The van der Waals surface area contributed by atoms with Gasteiger partial charge in [-0.25, -0.2) is 8.42 Å². The van der Waals surface area contributed by atoms with Crippen molar-refractivity contribution in [3.63, 3.8) is 0 Å². The summed E-state index contributed by atoms with van der Waals surface area (Å²) < 4.78 is 31.8. The Morgan fingerprint density at radius 2 is 1.76 bits per heavy atom. The lowest BCUT2D eigenvalue weighted by Crippen LogP contribution is -2.16. The second kappa shape index (κ2) is 8.35. The molecule has 0 spiro atoms. The zero-order valence-electron chi connectivity index (χ0n) is 13.9. The van der Waals surface area contributed by atoms with Crippen LogP contribution in [0.15, 0.2) is 46.9 Å². The lowest BCUT2D eigenvalue weighted by atomic mass is 10.2. The van der Waals surface area contributed by atoms with Crippen LogP contribution in [0.2, 0.25) is 0 Å². The summed E-state index contributed by atoms with van der Waals surface area (Å²) in [6.45, 7) is 1.80. The maximum atomic E-state index is 12.4. The second-order valence-corrected chi connectivity index (χ2v) is 7.99. The number of nitrogens with one attached hydrogen (secondary N) is 2. The zero-order chi connectivity index (χ0) is 18.4. The minimum absolute atomic E-state index is 0.0648. The first-order valence-electron chi connectivity index (χ1n) is 7.60. The monoisotopic (exact) mass is 426 g/mol. The molecule has 0 saturated carbocycles. The molecule has 0 unspecified atom stereocenters. The van der Waals surface area contributed by atoms with E-state index in [9.17, 15) is 13.2 Å². The maximum absolute atomic E-state index is 12.4. The van der Waals surface area contributed by atoms with Crippen molar-refractivity contribution >= 4 is 43.2 Å². The Morgan fingerprint density at radius 3 is 2.36 bits per heavy atom. The van der Waals surface area contributed by atoms with Crippen molar-refractivity contribution in [1.82, 2.24) is 0 Å². The highest BCUT2D eigenvalue weighted by atomic mass is 79.9. The summed E-state index contributed by atoms with van der Waals surface area (Å²) in [4.78, 5) is 12.4. The lowest BCUT2D eigenvalue weighted by molar-refractivity contribution is 0.102. The second-order valence-electron chi connectivity index (χ2n) is 5.30. The molecule has 2 rings (SSSR count). The largest absolute Gasteiger partial charge is 0.497 e. The van der Waals surface area contributed by atoms with Gasteiger partial charge in [0.25, 0.3) is 5.91 Å². The van der Waals surface area contributed by atoms with Crippen molar-refractivity contribution in [1.29, 1.82) is 0 Å². The highest BCUT2D eigenvalue weighted by molar-refractivity contribution is 9.10. The van der Waals surface area contributed by atoms with E-state index in [0.29, 0.717) is 33.6 Å². The van der Waals surface area contributed by atoms with Crippen LogP contribution in [0.4, 0.5) is 11.4 Å². The van der Waals surface area contributed by atoms with Gasteiger partial charge in [0.1, 0.15) is 5.75 Å². The molecule has 134 valence electrons. The van der Waals surface area contributed by atoms with E-state index >= 15 is 0 Å². The number of hydrogen-bond acceptors (Lipinski definition) is 4. The summed E-state index contributed by atoms with van der Waals surface area (Å²) in [6.07, 6.45) is 0.541. The van der Waals surface area contributed by atoms with Crippen LogP contribution in [0, 0.1) is 0 Å². The van der Waals surface area contributed by atoms with E-state index < -0.39 is 10.0 Å². The molecule has 0 heterocycles. The third-order valence-electron chi connectivity index (χ3n) is 3.31. The van der Waals surface area contributed by atoms with Gasteiger partial charge in [0, 0.05) is 15.8 Å². The van der Waals surface area contributed by atoms with E-state index in [0.717, 1.165) is 0 Å². The van der Waals surface area contributed by atoms with Crippen LogP contribution in [-0.2, 0) is 10.0 Å². The number of anilines is 2. The van der Waals surface area contributed by atoms with Gasteiger partial charge in [-0.2, -0.15) is 0 Å². The molecule has 0 saturated heterocycles. The number of hydrogen-bond donors (Lipinski definition) is 2. The van der Waals surface area contributed by atoms with E-state index in [1.165, 1.54) is 7.11 Å². The average molecular weight is 427 g/mol. The number of carbonyl (C=O) groups is 1. The van der Waals surface area contributed by atoms with E-state index in [4.69, 9.17) is 4.74 Å². The van der Waals surface area contributed by atoms with E-state index in [2.05, 4.69) is 26.0 Å². The topological polar surface area (TPSA) is 84.5 Å². The molecule has 0 fully saturated rings. The molecule has 2 aromatic rings. The van der Waals surface area contributed by atoms with E-state index in [1.54, 1.807) is 49.4 Å². The van der Waals surface area contributed by atoms with Crippen molar-refractivity contribution in [2.75, 3.05) is 22.9 Å². The standard InChI is InChI=1S/C17H19BrN2O4S/c1-3-10-25(22,23)20-13-6-4-12(5-7-13)19-17(21)15-11-14(24-2)8-9-16(15)18/h4-9,11,20H,3,10H2,1-2H3,(H,19,21). The number of methoxy groups -OCH3 is 1. The summed E-state index contributed by atoms with van der Waals surface area (Å²) in [7, 11) is -1.80. The number of rotatable bonds is 7. The van der Waals surface area contributed by atoms with Crippen LogP contribution >= 0.6 is 15.9 Å². The van der Waals surface area contributed by atoms with Gasteiger partial charge in [-0.3, -0.25) is 9.52 Å². The molecule has 2 aromatic carbocycles.